The maximum atomic E-state index is 13.0. The minimum Gasteiger partial charge on any atom is -0.870 e. The molecule has 60 heteroatoms. The van der Waals surface area contributed by atoms with Crippen molar-refractivity contribution in [3.05, 3.63) is 187 Å². The van der Waals surface area contributed by atoms with Gasteiger partial charge in [0.1, 0.15) is 28.0 Å². The third kappa shape index (κ3) is 55.6. The van der Waals surface area contributed by atoms with E-state index in [1.54, 1.807) is 165 Å². The van der Waals surface area contributed by atoms with Crippen LogP contribution < -0.4 is 78.2 Å². The number of carboxylic acid groups (broad SMARTS) is 1. The summed E-state index contributed by atoms with van der Waals surface area (Å²) in [6, 6.07) is 15.0. The summed E-state index contributed by atoms with van der Waals surface area (Å²) in [5, 5.41) is 54.8. The standard InChI is InChI=1S/C19H23F3N4O4.C14H15F3N4O2.C13H20N2O5.C11H15N5O4.C11H16N2O5.C10H17N3O3.C8H4F3NO.C3H5ClO2.Li.2H2O/c1-10-6-7-12(8-13(10)19(20,21)22)24-16(27)25-15-9-14(30-26-15)11(2)23-17(28)29-18(3,4)5;1-7-3-4-9(5-10(7)14(15,16)17)19-13(22)20-12-6-11(8(2)18)23-21-12;1-6-18-11(16)9-7-10(20-15-9)8(2)14-12(17)19-13(3,4)5;1-6(13-10(18)19-11(2,3)4)8-5-7(15-20-8)9(17)14-16-12;1-6(12-10(16)17-11(2,3)4)8-5-7(9(14)15)13-18-8;1-6(7-5-8(11)13-16-7)12-9(14)15-10(2,3)4;9-8(10,11)6-2-1-3-7(4-6)12-5-13;1-2-6-3(4)5;;;/h6-9,11H,1-5H3,(H,23,28)(H2,24,25,26,27);3-6,8H,18H2,1-2H3,(H2,19,20,21,22);7-8H,6H2,1-5H3,(H,14,17);5-6H,1-4H3,(H,13,18);5-6H,1-4H3,(H,12,16)(H,14,15);5-6H,1-4H3,(H2,11,13)(H,12,14);1-4H;2H2,1H3;;2*1H2/q;;;;;;;;+1;;/p-1/t11-;2*8-;3*6-;;;;;/m111111...../s1. The maximum Gasteiger partial charge on any atom is 1.00 e. The Morgan fingerprint density at radius 3 is 1.07 bits per heavy atom. The number of urea groups is 2. The number of azide groups is 1. The first kappa shape index (κ1) is 136. The number of rotatable bonds is 21. The number of hydrogen-bond donors (Lipinski definition) is 12. The number of aliphatic imine (C=N–C) groups is 1. The zero-order chi connectivity index (χ0) is 112. The van der Waals surface area contributed by atoms with Gasteiger partial charge in [-0.3, -0.25) is 15.4 Å². The van der Waals surface area contributed by atoms with E-state index in [0.717, 1.165) is 24.3 Å². The molecule has 10 amide bonds. The van der Waals surface area contributed by atoms with E-state index >= 15 is 0 Å². The van der Waals surface area contributed by atoms with Crippen molar-refractivity contribution in [3.8, 4) is 0 Å². The number of nitrogen functional groups attached to an aromatic ring is 1. The van der Waals surface area contributed by atoms with Gasteiger partial charge in [-0.05, 0) is 237 Å². The number of isocyanates is 1. The van der Waals surface area contributed by atoms with Crippen LogP contribution in [0.2, 0.25) is 0 Å². The average molecular weight is 2140 g/mol. The quantitative estimate of drug-likeness (QED) is 0.00304. The van der Waals surface area contributed by atoms with Crippen LogP contribution in [0.3, 0.4) is 0 Å². The van der Waals surface area contributed by atoms with Gasteiger partial charge in [-0.2, -0.15) is 44.5 Å². The molecule has 49 nitrogen and oxygen atoms in total. The molecule has 0 spiro atoms. The number of benzene rings is 3. The smallest absolute Gasteiger partial charge is 0.870 e. The third-order valence-corrected chi connectivity index (χ3v) is 16.3. The van der Waals surface area contributed by atoms with Gasteiger partial charge in [0.05, 0.1) is 71.8 Å². The number of anilines is 5. The second-order valence-electron chi connectivity index (χ2n) is 35.0. The van der Waals surface area contributed by atoms with Gasteiger partial charge in [0, 0.05) is 64.3 Å². The SMILES string of the molecule is CCOC(=O)Cl.CCOC(=O)c1cc([C@@H](C)NC(=O)OC(C)(C)C)on1.C[C@@H](NC(=O)OC(C)(C)C)c1cc(C(=O)N=[N+]=[N-])no1.C[C@@H](NC(=O)OC(C)(C)C)c1cc(C(=O)O)no1.C[C@@H](NC(=O)OC(C)(C)C)c1cc(N)no1.Cc1ccc(NC(=O)Nc2cc([C@@H](C)N)on2)cc1C(F)(F)F.Cc1ccc(NC(=O)Nc2cc([C@@H](C)NC(=O)OC(C)(C)C)on2)cc1C(F)(F)F.O.O=C=Nc1cccc(C(F)(F)F)c1.[Li+].[OH-]. The molecule has 0 unspecified atom stereocenters. The molecule has 6 heterocycles. The van der Waals surface area contributed by atoms with Crippen LogP contribution in [0.25, 0.3) is 10.4 Å². The fourth-order valence-corrected chi connectivity index (χ4v) is 10.1. The van der Waals surface area contributed by atoms with Crippen LogP contribution in [-0.2, 0) is 56.5 Å². The van der Waals surface area contributed by atoms with Gasteiger partial charge in [0.15, 0.2) is 69.1 Å². The van der Waals surface area contributed by atoms with E-state index in [9.17, 15) is 97.0 Å². The summed E-state index contributed by atoms with van der Waals surface area (Å²) in [6.45, 7) is 43.0. The van der Waals surface area contributed by atoms with Crippen molar-refractivity contribution >= 4 is 118 Å². The molecule has 0 bridgehead atoms. The van der Waals surface area contributed by atoms with E-state index in [4.69, 9.17) is 89.3 Å². The Kier molecular flexibility index (Phi) is 55.7. The predicted octanol–water partition coefficient (Wildman–Crippen LogP) is 17.9. The van der Waals surface area contributed by atoms with Crippen molar-refractivity contribution in [3.63, 3.8) is 0 Å². The molecule has 3 aromatic carbocycles. The van der Waals surface area contributed by atoms with Crippen molar-refractivity contribution in [2.75, 3.05) is 40.2 Å². The van der Waals surface area contributed by atoms with E-state index in [2.05, 4.69) is 98.5 Å². The molecule has 0 radical (unpaired) electrons. The Hall–Kier alpha value is -15.5. The summed E-state index contributed by atoms with van der Waals surface area (Å²) < 4.78 is 178. The number of nitrogens with zero attached hydrogens (tertiary/aromatic N) is 10. The molecule has 149 heavy (non-hydrogen) atoms. The number of aromatic carboxylic acids is 1. The van der Waals surface area contributed by atoms with Gasteiger partial charge in [0.25, 0.3) is 5.91 Å². The second-order valence-corrected chi connectivity index (χ2v) is 35.3. The van der Waals surface area contributed by atoms with E-state index in [-0.39, 0.29) is 122 Å². The first-order chi connectivity index (χ1) is 67.1. The number of esters is 1. The molecular weight excluding hydrogens is 2020 g/mol. The molecule has 9 aromatic rings. The molecule has 0 aliphatic heterocycles. The fourth-order valence-electron chi connectivity index (χ4n) is 9.96. The first-order valence-corrected chi connectivity index (χ1v) is 43.4. The number of hydrogen-bond acceptors (Lipinski definition) is 35. The number of aryl methyl sites for hydroxylation is 2. The normalized spacial score (nSPS) is 12.1. The van der Waals surface area contributed by atoms with Crippen LogP contribution in [0, 0.1) is 13.8 Å². The van der Waals surface area contributed by atoms with Gasteiger partial charge in [-0.25, -0.2) is 52.7 Å². The summed E-state index contributed by atoms with van der Waals surface area (Å²) in [4.78, 5) is 140. The molecule has 0 saturated carbocycles. The minimum atomic E-state index is -4.53. The number of ether oxygens (including phenoxy) is 7. The number of alkyl halides is 9. The molecule has 6 atom stereocenters. The number of amides is 10. The molecular formula is C89H118ClF9LiN21O28. The molecule has 0 aliphatic rings. The largest absolute Gasteiger partial charge is 1.00 e. The van der Waals surface area contributed by atoms with Crippen LogP contribution in [0.5, 0.6) is 0 Å². The Balaban J connectivity index is 0. The Labute approximate surface area is 862 Å². The van der Waals surface area contributed by atoms with Gasteiger partial charge in [0.2, 0.25) is 6.08 Å². The van der Waals surface area contributed by atoms with Gasteiger partial charge >= 0.3 is 97.3 Å². The van der Waals surface area contributed by atoms with Crippen LogP contribution in [0.4, 0.5) is 112 Å². The zero-order valence-corrected chi connectivity index (χ0v) is 86.4. The number of carbonyl (C=O) groups is 11. The number of halogens is 10. The summed E-state index contributed by atoms with van der Waals surface area (Å²) >= 11 is 4.72. The predicted molar refractivity (Wildman–Crippen MR) is 507 cm³/mol. The molecule has 0 fully saturated rings. The zero-order valence-electron chi connectivity index (χ0n) is 85.6. The Bertz CT molecular complexity index is 5920. The van der Waals surface area contributed by atoms with Gasteiger partial charge < -0.3 is 125 Å². The third-order valence-electron chi connectivity index (χ3n) is 16.2. The number of nitrogens with two attached hydrogens (primary N) is 2. The van der Waals surface area contributed by atoms with Gasteiger partial charge in [-0.15, -0.1) is 0 Å². The number of nitrogens with one attached hydrogen (secondary N) is 9. The molecule has 17 N–H and O–H groups in total. The van der Waals surface area contributed by atoms with Crippen LogP contribution in [0.1, 0.15) is 289 Å². The molecule has 0 aliphatic carbocycles. The maximum absolute atomic E-state index is 13.0. The monoisotopic (exact) mass is 2140 g/mol. The van der Waals surface area contributed by atoms with Crippen molar-refractivity contribution < 1.29 is 192 Å². The van der Waals surface area contributed by atoms with Crippen molar-refractivity contribution in [2.45, 2.75) is 256 Å². The van der Waals surface area contributed by atoms with E-state index in [1.807, 2.05) is 0 Å². The summed E-state index contributed by atoms with van der Waals surface area (Å²) in [7, 11) is 0. The summed E-state index contributed by atoms with van der Waals surface area (Å²) in [6.07, 6.45) is -15.2. The molecule has 6 aromatic heterocycles. The number of aromatic nitrogens is 6. The van der Waals surface area contributed by atoms with Crippen LogP contribution in [0.15, 0.2) is 134 Å². The minimum absolute atomic E-state index is 0. The topological polar surface area (TPSA) is 729 Å². The second kappa shape index (κ2) is 61.2. The van der Waals surface area contributed by atoms with E-state index in [1.165, 1.54) is 86.7 Å². The van der Waals surface area contributed by atoms with Crippen LogP contribution in [-0.4, -0.2) is 160 Å². The molecule has 0 saturated heterocycles. The van der Waals surface area contributed by atoms with Crippen molar-refractivity contribution in [1.82, 2.24) is 57.5 Å². The number of carboxylic acids is 1. The van der Waals surface area contributed by atoms with Crippen molar-refractivity contribution in [2.24, 2.45) is 15.8 Å². The van der Waals surface area contributed by atoms with E-state index in [0.29, 0.717) is 23.9 Å². The summed E-state index contributed by atoms with van der Waals surface area (Å²) in [5.41, 5.74) is 12.7. The van der Waals surface area contributed by atoms with E-state index < -0.39 is 159 Å². The Morgan fingerprint density at radius 1 is 0.456 bits per heavy atom. The average Bonchev–Trinajstić information content (AvgIpc) is 1.83. The molecule has 9 rings (SSSR count). The number of carbonyl (C=O) groups excluding carboxylic acids is 11. The Morgan fingerprint density at radius 2 is 0.779 bits per heavy atom. The van der Waals surface area contributed by atoms with Gasteiger partial charge in [-0.1, -0.05) is 49.1 Å². The van der Waals surface area contributed by atoms with Crippen molar-refractivity contribution in [1.29, 1.82) is 0 Å². The summed E-state index contributed by atoms with van der Waals surface area (Å²) in [5.74, 6) is -0.253. The fraction of sp³-hybridized carbons (Fsp3) is 0.461. The molecule has 818 valence electrons. The van der Waals surface area contributed by atoms with Crippen LogP contribution >= 0.6 is 11.6 Å². The number of alkyl carbamates (subject to hydrolysis) is 5. The first-order valence-electron chi connectivity index (χ1n) is 43.0.